The second-order valence-corrected chi connectivity index (χ2v) is 20.8. The number of hydrogen-bond donors (Lipinski definition) is 8. The summed E-state index contributed by atoms with van der Waals surface area (Å²) >= 11 is 0. The van der Waals surface area contributed by atoms with E-state index in [9.17, 15) is 43.5 Å². The highest BCUT2D eigenvalue weighted by atomic mass is 19.1. The molecule has 4 aromatic carbocycles. The molecule has 0 saturated carbocycles. The fraction of sp³-hybridized carbons (Fsp3) is 0.350. The van der Waals surface area contributed by atoms with Gasteiger partial charge >= 0.3 is 12.1 Å². The Balaban J connectivity index is 0.761. The Hall–Kier alpha value is -8.82. The number of fused-ring (bicyclic) bond motifs is 8. The predicted molar refractivity (Wildman–Crippen MR) is 294 cm³/mol. The minimum Gasteiger partial charge on any atom is -0.458 e. The van der Waals surface area contributed by atoms with E-state index in [1.54, 1.807) is 50.2 Å². The zero-order chi connectivity index (χ0) is 57.1. The van der Waals surface area contributed by atoms with E-state index in [2.05, 4.69) is 31.9 Å². The predicted octanol–water partition coefficient (Wildman–Crippen LogP) is 3.74. The first-order valence-corrected chi connectivity index (χ1v) is 27.2. The largest absolute Gasteiger partial charge is 0.458 e. The van der Waals surface area contributed by atoms with Crippen molar-refractivity contribution in [2.24, 2.45) is 5.73 Å². The highest BCUT2D eigenvalue weighted by molar-refractivity contribution is 5.96. The molecule has 6 aromatic rings. The van der Waals surface area contributed by atoms with Gasteiger partial charge in [0, 0.05) is 34.9 Å². The Bertz CT molecular complexity index is 3550. The fourth-order valence-electron chi connectivity index (χ4n) is 11.6. The van der Waals surface area contributed by atoms with Crippen molar-refractivity contribution in [1.29, 1.82) is 0 Å². The molecule has 21 heteroatoms. The van der Waals surface area contributed by atoms with Crippen LogP contribution in [-0.4, -0.2) is 101 Å². The lowest BCUT2D eigenvalue weighted by Gasteiger charge is -2.31. The Labute approximate surface area is 464 Å². The van der Waals surface area contributed by atoms with Gasteiger partial charge in [0.1, 0.15) is 31.1 Å². The van der Waals surface area contributed by atoms with E-state index in [-0.39, 0.29) is 56.1 Å². The van der Waals surface area contributed by atoms with Gasteiger partial charge in [0.15, 0.2) is 5.60 Å². The number of nitrogens with zero attached hydrogens (tertiary/aromatic N) is 2. The molecule has 2 aliphatic heterocycles. The Morgan fingerprint density at radius 1 is 0.827 bits per heavy atom. The van der Waals surface area contributed by atoms with Crippen LogP contribution in [0.5, 0.6) is 0 Å². The van der Waals surface area contributed by atoms with Crippen LogP contribution < -0.4 is 43.2 Å². The van der Waals surface area contributed by atoms with Crippen LogP contribution in [0, 0.1) is 12.7 Å². The average Bonchev–Trinajstić information content (AvgIpc) is 2.84. The highest BCUT2D eigenvalue weighted by Gasteiger charge is 2.46. The number of rotatable bonds is 20. The second-order valence-electron chi connectivity index (χ2n) is 20.8. The number of carbonyl (C=O) groups is 7. The molecule has 0 unspecified atom stereocenters. The Kier molecular flexibility index (Phi) is 16.1. The van der Waals surface area contributed by atoms with Crippen LogP contribution in [0.25, 0.3) is 33.4 Å². The smallest absolute Gasteiger partial charge is 0.407 e. The van der Waals surface area contributed by atoms with Crippen LogP contribution >= 0.6 is 0 Å². The number of carbonyl (C=O) groups excluding carboxylic acids is 7. The van der Waals surface area contributed by atoms with Crippen molar-refractivity contribution in [2.75, 3.05) is 32.8 Å². The summed E-state index contributed by atoms with van der Waals surface area (Å²) < 4.78 is 27.9. The third-order valence-corrected chi connectivity index (χ3v) is 15.8. The minimum absolute atomic E-state index is 0.0159. The molecule has 420 valence electrons. The maximum absolute atomic E-state index is 15.5. The number of hydrogen-bond acceptors (Lipinski definition) is 13. The van der Waals surface area contributed by atoms with Crippen LogP contribution in [-0.2, 0) is 69.8 Å². The number of amides is 6. The van der Waals surface area contributed by atoms with Crippen LogP contribution in [0.15, 0.2) is 95.8 Å². The van der Waals surface area contributed by atoms with E-state index in [1.807, 2.05) is 48.5 Å². The van der Waals surface area contributed by atoms with Gasteiger partial charge in [-0.3, -0.25) is 28.8 Å². The van der Waals surface area contributed by atoms with Crippen LogP contribution in [0.2, 0.25) is 0 Å². The van der Waals surface area contributed by atoms with Crippen molar-refractivity contribution in [1.82, 2.24) is 41.5 Å². The monoisotopic (exact) mass is 1100 g/mol. The Morgan fingerprint density at radius 3 is 2.20 bits per heavy atom. The number of aryl methyl sites for hydroxylation is 1. The number of nitrogens with two attached hydrogens (primary N) is 1. The topological polar surface area (TPSA) is 291 Å². The van der Waals surface area contributed by atoms with Crippen molar-refractivity contribution >= 4 is 52.5 Å². The van der Waals surface area contributed by atoms with Gasteiger partial charge in [-0.2, -0.15) is 0 Å². The maximum atomic E-state index is 15.5. The molecule has 2 aromatic heterocycles. The molecular weight excluding hydrogens is 1040 g/mol. The highest BCUT2D eigenvalue weighted by Crippen LogP contribution is 2.47. The lowest BCUT2D eigenvalue weighted by atomic mass is 9.81. The van der Waals surface area contributed by atoms with Gasteiger partial charge in [-0.1, -0.05) is 85.8 Å². The van der Waals surface area contributed by atoms with Gasteiger partial charge in [-0.25, -0.2) is 19.0 Å². The molecule has 4 heterocycles. The van der Waals surface area contributed by atoms with Gasteiger partial charge in [-0.05, 0) is 103 Å². The molecule has 0 bridgehead atoms. The van der Waals surface area contributed by atoms with Crippen molar-refractivity contribution in [3.05, 3.63) is 157 Å². The first kappa shape index (κ1) is 55.5. The standard InChI is InChI=1S/C60H62FN9O11/c1-3-60(79)42-24-48-54-39(29-70(48)57(76)41(42)31-80-58(60)77)53-44(21-20-34-32(2)43(61)25-46(68-54)52(34)53)66-51(73)28-65-56(75)47(23-33-13-5-4-6-14-33)67-50(72)27-63-49(71)26-64-55(74)45(19-11-12-22-62)69-59(78)81-30-40-37-17-9-7-15-35(37)36-16-8-10-18-38(36)40/h4-10,13-18,24-25,40,44-45,47,79H,3,11-12,19-23,26-31,62H2,1-2H3,(H,63,71)(H,64,74)(H,65,75)(H,66,73)(H,67,72)(H,69,78)/t44-,45-,47-,60-/m0/s1. The summed E-state index contributed by atoms with van der Waals surface area (Å²) in [5.74, 6) is -4.96. The molecule has 0 fully saturated rings. The number of benzene rings is 4. The SMILES string of the molecule is CC[C@@]1(O)C(=O)OCc2c1cc1n(c2=O)Cc2c-1nc1cc(F)c(C)c3c1c2[C@@H](NC(=O)CNC(=O)[C@H](Cc1ccccc1)NC(=O)CNC(=O)CNC(=O)[C@H](CCCCN)NC(=O)OCC1c2ccccc2-c2ccccc21)CC3. The molecule has 4 atom stereocenters. The van der Waals surface area contributed by atoms with Gasteiger partial charge in [0.2, 0.25) is 29.5 Å². The summed E-state index contributed by atoms with van der Waals surface area (Å²) in [6.45, 7) is 1.74. The minimum atomic E-state index is -2.07. The second kappa shape index (κ2) is 23.5. The van der Waals surface area contributed by atoms with Crippen molar-refractivity contribution in [3.63, 3.8) is 0 Å². The number of alkyl carbamates (subject to hydrolysis) is 1. The zero-order valence-electron chi connectivity index (χ0n) is 44.7. The van der Waals surface area contributed by atoms with Gasteiger partial charge in [-0.15, -0.1) is 0 Å². The molecule has 81 heavy (non-hydrogen) atoms. The van der Waals surface area contributed by atoms with E-state index in [4.69, 9.17) is 20.2 Å². The number of pyridine rings is 2. The van der Waals surface area contributed by atoms with Crippen molar-refractivity contribution in [2.45, 2.75) is 102 Å². The number of aliphatic hydroxyl groups is 1. The summed E-state index contributed by atoms with van der Waals surface area (Å²) in [5.41, 5.74) is 11.6. The number of cyclic esters (lactones) is 1. The average molecular weight is 1100 g/mol. The fourth-order valence-corrected chi connectivity index (χ4v) is 11.6. The van der Waals surface area contributed by atoms with E-state index in [1.165, 1.54) is 10.6 Å². The summed E-state index contributed by atoms with van der Waals surface area (Å²) in [6, 6.07) is 24.6. The third kappa shape index (κ3) is 11.1. The van der Waals surface area contributed by atoms with E-state index >= 15 is 4.39 Å². The van der Waals surface area contributed by atoms with Crippen molar-refractivity contribution in [3.8, 4) is 22.5 Å². The maximum Gasteiger partial charge on any atom is 0.407 e. The quantitative estimate of drug-likeness (QED) is 0.0399. The molecule has 9 N–H and O–H groups in total. The number of unbranched alkanes of at least 4 members (excludes halogenated alkanes) is 1. The van der Waals surface area contributed by atoms with Gasteiger partial charge < -0.3 is 56.8 Å². The van der Waals surface area contributed by atoms with E-state index < -0.39 is 96.3 Å². The summed E-state index contributed by atoms with van der Waals surface area (Å²) in [7, 11) is 0. The van der Waals surface area contributed by atoms with Crippen LogP contribution in [0.4, 0.5) is 9.18 Å². The summed E-state index contributed by atoms with van der Waals surface area (Å²) in [4.78, 5) is 113. The Morgan fingerprint density at radius 2 is 1.49 bits per heavy atom. The van der Waals surface area contributed by atoms with Gasteiger partial charge in [0.25, 0.3) is 5.56 Å². The summed E-state index contributed by atoms with van der Waals surface area (Å²) in [5, 5.41) is 28.0. The third-order valence-electron chi connectivity index (χ3n) is 15.8. The number of aromatic nitrogens is 2. The number of ether oxygens (including phenoxy) is 2. The van der Waals surface area contributed by atoms with E-state index in [0.717, 1.165) is 22.3 Å². The first-order chi connectivity index (χ1) is 39.1. The van der Waals surface area contributed by atoms with Crippen molar-refractivity contribution < 1.29 is 52.5 Å². The molecule has 20 nitrogen and oxygen atoms in total. The van der Waals surface area contributed by atoms with Gasteiger partial charge in [0.05, 0.1) is 54.7 Å². The number of halogens is 1. The lowest BCUT2D eigenvalue weighted by molar-refractivity contribution is -0.172. The molecule has 0 radical (unpaired) electrons. The zero-order valence-corrected chi connectivity index (χ0v) is 44.7. The molecule has 10 rings (SSSR count). The molecule has 4 aliphatic rings. The lowest BCUT2D eigenvalue weighted by Crippen LogP contribution is -2.53. The molecule has 2 aliphatic carbocycles. The normalized spacial score (nSPS) is 17.0. The number of esters is 1. The van der Waals surface area contributed by atoms with Crippen LogP contribution in [0.1, 0.15) is 101 Å². The van der Waals surface area contributed by atoms with Crippen LogP contribution in [0.3, 0.4) is 0 Å². The molecule has 0 saturated heterocycles. The first-order valence-electron chi connectivity index (χ1n) is 27.2. The number of nitrogens with one attached hydrogen (secondary N) is 6. The summed E-state index contributed by atoms with van der Waals surface area (Å²) in [6.07, 6.45) is 1.15. The van der Waals surface area contributed by atoms with E-state index in [0.29, 0.717) is 82.3 Å². The molecular formula is C60H62FN9O11. The molecule has 6 amide bonds. The molecule has 0 spiro atoms.